The van der Waals surface area contributed by atoms with Gasteiger partial charge in [-0.05, 0) is 29.7 Å². The molecule has 0 fully saturated rings. The maximum absolute atomic E-state index is 13.1. The second-order valence-corrected chi connectivity index (χ2v) is 7.16. The van der Waals surface area contributed by atoms with E-state index < -0.39 is 0 Å². The van der Waals surface area contributed by atoms with Gasteiger partial charge in [-0.15, -0.1) is 0 Å². The quantitative estimate of drug-likeness (QED) is 0.686. The van der Waals surface area contributed by atoms with Crippen LogP contribution in [-0.2, 0) is 16.0 Å². The van der Waals surface area contributed by atoms with Crippen LogP contribution in [0.4, 0.5) is 11.4 Å². The first kappa shape index (κ1) is 19.6. The largest absolute Gasteiger partial charge is 0.354 e. The predicted octanol–water partition coefficient (Wildman–Crippen LogP) is 3.90. The van der Waals surface area contributed by atoms with Crippen LogP contribution in [0.5, 0.6) is 0 Å². The van der Waals surface area contributed by atoms with Crippen molar-refractivity contribution >= 4 is 28.9 Å². The summed E-state index contributed by atoms with van der Waals surface area (Å²) in [5, 5.41) is 2.92. The molecule has 150 valence electrons. The van der Waals surface area contributed by atoms with Crippen LogP contribution in [0.3, 0.4) is 0 Å². The van der Waals surface area contributed by atoms with Crippen LogP contribution in [0.2, 0.25) is 0 Å². The van der Waals surface area contributed by atoms with Gasteiger partial charge in [-0.25, -0.2) is 0 Å². The second-order valence-electron chi connectivity index (χ2n) is 7.16. The van der Waals surface area contributed by atoms with Crippen molar-refractivity contribution in [3.8, 4) is 0 Å². The summed E-state index contributed by atoms with van der Waals surface area (Å²) in [6.45, 7) is 0.501. The summed E-state index contributed by atoms with van der Waals surface area (Å²) in [6, 6.07) is 27.1. The van der Waals surface area contributed by atoms with Gasteiger partial charge in [-0.2, -0.15) is 0 Å². The molecule has 0 radical (unpaired) electrons. The van der Waals surface area contributed by atoms with E-state index >= 15 is 0 Å². The molecule has 3 aromatic carbocycles. The Morgan fingerprint density at radius 2 is 1.57 bits per heavy atom. The van der Waals surface area contributed by atoms with Crippen molar-refractivity contribution in [2.24, 2.45) is 4.99 Å². The van der Waals surface area contributed by atoms with Gasteiger partial charge in [0.25, 0.3) is 0 Å². The molecule has 1 aliphatic heterocycles. The van der Waals surface area contributed by atoms with Gasteiger partial charge < -0.3 is 10.2 Å². The molecule has 0 unspecified atom stereocenters. The van der Waals surface area contributed by atoms with Crippen LogP contribution in [0.15, 0.2) is 89.9 Å². The molecule has 0 spiro atoms. The number of rotatable bonds is 6. The van der Waals surface area contributed by atoms with E-state index in [4.69, 9.17) is 4.99 Å². The molecular formula is C25H23N3O2. The Hall–Kier alpha value is -3.73. The minimum atomic E-state index is -0.183. The highest BCUT2D eigenvalue weighted by Crippen LogP contribution is 2.32. The summed E-state index contributed by atoms with van der Waals surface area (Å²) in [5.41, 5.74) is 4.13. The lowest BCUT2D eigenvalue weighted by molar-refractivity contribution is -0.123. The first-order valence-electron chi connectivity index (χ1n) is 10.0. The number of benzene rings is 3. The Morgan fingerprint density at radius 1 is 0.900 bits per heavy atom. The van der Waals surface area contributed by atoms with Crippen molar-refractivity contribution in [1.82, 2.24) is 5.32 Å². The van der Waals surface area contributed by atoms with Gasteiger partial charge in [0.1, 0.15) is 6.54 Å². The molecule has 0 aromatic heterocycles. The zero-order chi connectivity index (χ0) is 20.8. The number of aliphatic imine (C=N–C) groups is 1. The normalized spacial score (nSPS) is 13.3. The molecule has 0 saturated carbocycles. The van der Waals surface area contributed by atoms with Crippen molar-refractivity contribution in [2.75, 3.05) is 18.0 Å². The van der Waals surface area contributed by atoms with Gasteiger partial charge in [0.05, 0.1) is 23.5 Å². The summed E-state index contributed by atoms with van der Waals surface area (Å²) in [6.07, 6.45) is 0.897. The van der Waals surface area contributed by atoms with Crippen LogP contribution in [0.1, 0.15) is 17.5 Å². The van der Waals surface area contributed by atoms with Crippen LogP contribution in [-0.4, -0.2) is 30.6 Å². The number of nitrogens with one attached hydrogen (secondary N) is 1. The summed E-state index contributed by atoms with van der Waals surface area (Å²) in [7, 11) is 0. The molecule has 5 heteroatoms. The van der Waals surface area contributed by atoms with E-state index in [0.29, 0.717) is 23.6 Å². The highest BCUT2D eigenvalue weighted by Gasteiger charge is 2.26. The van der Waals surface area contributed by atoms with Gasteiger partial charge in [-0.1, -0.05) is 72.8 Å². The third-order valence-corrected chi connectivity index (χ3v) is 5.04. The van der Waals surface area contributed by atoms with E-state index in [2.05, 4.69) is 5.32 Å². The Kier molecular flexibility index (Phi) is 5.99. The molecule has 2 amide bonds. The minimum Gasteiger partial charge on any atom is -0.354 e. The number of carbonyl (C=O) groups excluding carboxylic acids is 2. The molecule has 4 rings (SSSR count). The monoisotopic (exact) mass is 397 g/mol. The lowest BCUT2D eigenvalue weighted by Gasteiger charge is -2.22. The van der Waals surface area contributed by atoms with Crippen LogP contribution in [0.25, 0.3) is 0 Å². The van der Waals surface area contributed by atoms with Crippen LogP contribution in [0, 0.1) is 0 Å². The van der Waals surface area contributed by atoms with Gasteiger partial charge in [0, 0.05) is 6.54 Å². The van der Waals surface area contributed by atoms with Crippen LogP contribution >= 0.6 is 0 Å². The number of anilines is 1. The number of carbonyl (C=O) groups is 2. The Labute approximate surface area is 176 Å². The van der Waals surface area contributed by atoms with Gasteiger partial charge in [-0.3, -0.25) is 14.6 Å². The molecule has 0 bridgehead atoms. The van der Waals surface area contributed by atoms with Crippen molar-refractivity contribution in [3.63, 3.8) is 0 Å². The number of hydrogen-bond acceptors (Lipinski definition) is 3. The average molecular weight is 397 g/mol. The van der Waals surface area contributed by atoms with Crippen molar-refractivity contribution in [2.45, 2.75) is 12.8 Å². The molecule has 0 saturated heterocycles. The van der Waals surface area contributed by atoms with E-state index in [0.717, 1.165) is 17.5 Å². The molecule has 3 aromatic rings. The fraction of sp³-hybridized carbons (Fsp3) is 0.160. The van der Waals surface area contributed by atoms with E-state index in [1.54, 1.807) is 0 Å². The lowest BCUT2D eigenvalue weighted by Crippen LogP contribution is -2.41. The maximum Gasteiger partial charge on any atom is 0.240 e. The highest BCUT2D eigenvalue weighted by atomic mass is 16.2. The molecule has 1 N–H and O–H groups in total. The average Bonchev–Trinajstić information content (AvgIpc) is 2.92. The summed E-state index contributed by atoms with van der Waals surface area (Å²) in [5.74, 6) is -0.321. The first-order chi connectivity index (χ1) is 14.7. The van der Waals surface area contributed by atoms with Crippen molar-refractivity contribution in [1.29, 1.82) is 0 Å². The SMILES string of the molecule is O=C(CN1C(=O)CC(c2ccccc2)=Nc2ccccc21)NCCc1ccccc1. The molecule has 1 aliphatic rings. The Balaban J connectivity index is 1.48. The highest BCUT2D eigenvalue weighted by molar-refractivity contribution is 6.18. The van der Waals surface area contributed by atoms with Crippen molar-refractivity contribution < 1.29 is 9.59 Å². The predicted molar refractivity (Wildman–Crippen MR) is 119 cm³/mol. The standard InChI is InChI=1S/C25H23N3O2/c29-24(26-16-15-19-9-3-1-4-10-19)18-28-23-14-8-7-13-21(23)27-22(17-25(28)30)20-11-5-2-6-12-20/h1-14H,15-18H2,(H,26,29). The van der Waals surface area contributed by atoms with E-state index in [9.17, 15) is 9.59 Å². The lowest BCUT2D eigenvalue weighted by atomic mass is 10.1. The fourth-order valence-corrected chi connectivity index (χ4v) is 3.51. The molecule has 1 heterocycles. The van der Waals surface area contributed by atoms with Gasteiger partial charge >= 0.3 is 0 Å². The van der Waals surface area contributed by atoms with Gasteiger partial charge in [0.2, 0.25) is 11.8 Å². The van der Waals surface area contributed by atoms with E-state index in [1.807, 2.05) is 84.9 Å². The molecule has 5 nitrogen and oxygen atoms in total. The zero-order valence-electron chi connectivity index (χ0n) is 16.6. The number of amides is 2. The number of nitrogens with zero attached hydrogens (tertiary/aromatic N) is 2. The van der Waals surface area contributed by atoms with Crippen molar-refractivity contribution in [3.05, 3.63) is 96.1 Å². The Morgan fingerprint density at radius 3 is 2.33 bits per heavy atom. The van der Waals surface area contributed by atoms with E-state index in [1.165, 1.54) is 4.90 Å². The third kappa shape index (κ3) is 4.63. The number of fused-ring (bicyclic) bond motifs is 1. The third-order valence-electron chi connectivity index (χ3n) is 5.04. The summed E-state index contributed by atoms with van der Waals surface area (Å²) in [4.78, 5) is 31.9. The maximum atomic E-state index is 13.1. The minimum absolute atomic E-state index is 0.0256. The fourth-order valence-electron chi connectivity index (χ4n) is 3.51. The van der Waals surface area contributed by atoms with Gasteiger partial charge in [0.15, 0.2) is 0 Å². The molecule has 30 heavy (non-hydrogen) atoms. The van der Waals surface area contributed by atoms with Crippen LogP contribution < -0.4 is 10.2 Å². The Bertz CT molecular complexity index is 1060. The molecular weight excluding hydrogens is 374 g/mol. The second kappa shape index (κ2) is 9.18. The van der Waals surface area contributed by atoms with E-state index in [-0.39, 0.29) is 24.8 Å². The summed E-state index contributed by atoms with van der Waals surface area (Å²) < 4.78 is 0. The summed E-state index contributed by atoms with van der Waals surface area (Å²) >= 11 is 0. The number of para-hydroxylation sites is 2. The topological polar surface area (TPSA) is 61.8 Å². The zero-order valence-corrected chi connectivity index (χ0v) is 16.6. The molecule has 0 aliphatic carbocycles. The first-order valence-corrected chi connectivity index (χ1v) is 10.0. The molecule has 0 atom stereocenters. The number of hydrogen-bond donors (Lipinski definition) is 1. The smallest absolute Gasteiger partial charge is 0.240 e.